The number of methoxy groups -OCH3 is 1. The van der Waals surface area contributed by atoms with Crippen molar-refractivity contribution in [3.8, 4) is 5.75 Å². The van der Waals surface area contributed by atoms with E-state index in [1.165, 1.54) is 11.1 Å². The van der Waals surface area contributed by atoms with Crippen LogP contribution in [0.4, 0.5) is 0 Å². The van der Waals surface area contributed by atoms with E-state index in [4.69, 9.17) is 9.26 Å². The standard InChI is InChI=1S/C19H21N3O2/c1-13-4-6-15(7-5-13)19(16-8-10-17(23-3)11-9-16)20-12-18-21-14(2)22-24-18/h4-11,19-20H,12H2,1-3H3/t19-/m0/s1. The summed E-state index contributed by atoms with van der Waals surface area (Å²) in [6, 6.07) is 16.6. The number of nitrogens with one attached hydrogen (secondary N) is 1. The first kappa shape index (κ1) is 16.2. The molecule has 5 heteroatoms. The van der Waals surface area contributed by atoms with Gasteiger partial charge in [-0.2, -0.15) is 4.98 Å². The second-order valence-electron chi connectivity index (χ2n) is 5.73. The third-order valence-electron chi connectivity index (χ3n) is 3.89. The van der Waals surface area contributed by atoms with Crippen LogP contribution in [0.25, 0.3) is 0 Å². The molecule has 0 spiro atoms. The molecular formula is C19H21N3O2. The summed E-state index contributed by atoms with van der Waals surface area (Å²) in [5.74, 6) is 2.06. The van der Waals surface area contributed by atoms with Crippen molar-refractivity contribution in [2.24, 2.45) is 0 Å². The lowest BCUT2D eigenvalue weighted by Crippen LogP contribution is -2.22. The molecule has 0 fully saturated rings. The van der Waals surface area contributed by atoms with Crippen LogP contribution in [0.15, 0.2) is 53.1 Å². The van der Waals surface area contributed by atoms with Gasteiger partial charge >= 0.3 is 0 Å². The van der Waals surface area contributed by atoms with E-state index in [0.29, 0.717) is 18.3 Å². The molecule has 0 saturated carbocycles. The van der Waals surface area contributed by atoms with Gasteiger partial charge in [-0.25, -0.2) is 0 Å². The topological polar surface area (TPSA) is 60.2 Å². The SMILES string of the molecule is COc1ccc([C@@H](NCc2nc(C)no2)c2ccc(C)cc2)cc1. The monoisotopic (exact) mass is 323 g/mol. The third kappa shape index (κ3) is 3.81. The molecule has 2 aromatic carbocycles. The highest BCUT2D eigenvalue weighted by Gasteiger charge is 2.15. The quantitative estimate of drug-likeness (QED) is 0.751. The third-order valence-corrected chi connectivity index (χ3v) is 3.89. The molecule has 3 rings (SSSR count). The van der Waals surface area contributed by atoms with Crippen LogP contribution in [0.2, 0.25) is 0 Å². The van der Waals surface area contributed by atoms with Crippen molar-refractivity contribution < 1.29 is 9.26 Å². The van der Waals surface area contributed by atoms with Crippen molar-refractivity contribution in [2.45, 2.75) is 26.4 Å². The van der Waals surface area contributed by atoms with E-state index in [2.05, 4.69) is 58.8 Å². The Labute approximate surface area is 141 Å². The van der Waals surface area contributed by atoms with Crippen LogP contribution in [0.5, 0.6) is 5.75 Å². The van der Waals surface area contributed by atoms with E-state index in [1.807, 2.05) is 19.1 Å². The van der Waals surface area contributed by atoms with Crippen LogP contribution in [-0.4, -0.2) is 17.3 Å². The number of nitrogens with zero attached hydrogens (tertiary/aromatic N) is 2. The molecule has 3 aromatic rings. The first-order valence-corrected chi connectivity index (χ1v) is 7.89. The molecule has 0 aliphatic rings. The van der Waals surface area contributed by atoms with Crippen molar-refractivity contribution in [1.82, 2.24) is 15.5 Å². The van der Waals surface area contributed by atoms with Gasteiger partial charge in [0.1, 0.15) is 5.75 Å². The molecule has 1 atom stereocenters. The minimum Gasteiger partial charge on any atom is -0.497 e. The smallest absolute Gasteiger partial charge is 0.240 e. The van der Waals surface area contributed by atoms with E-state index in [9.17, 15) is 0 Å². The molecule has 5 nitrogen and oxygen atoms in total. The Morgan fingerprint density at radius 1 is 1.00 bits per heavy atom. The van der Waals surface area contributed by atoms with E-state index in [1.54, 1.807) is 7.11 Å². The zero-order chi connectivity index (χ0) is 16.9. The highest BCUT2D eigenvalue weighted by molar-refractivity contribution is 5.36. The zero-order valence-electron chi connectivity index (χ0n) is 14.1. The van der Waals surface area contributed by atoms with Gasteiger partial charge in [0, 0.05) is 0 Å². The molecule has 1 N–H and O–H groups in total. The van der Waals surface area contributed by atoms with Crippen molar-refractivity contribution in [1.29, 1.82) is 0 Å². The van der Waals surface area contributed by atoms with Crippen molar-refractivity contribution >= 4 is 0 Å². The van der Waals surface area contributed by atoms with Gasteiger partial charge in [0.25, 0.3) is 0 Å². The fourth-order valence-electron chi connectivity index (χ4n) is 2.58. The van der Waals surface area contributed by atoms with E-state index >= 15 is 0 Å². The predicted octanol–water partition coefficient (Wildman–Crippen LogP) is 3.57. The number of hydrogen-bond donors (Lipinski definition) is 1. The fraction of sp³-hybridized carbons (Fsp3) is 0.263. The van der Waals surface area contributed by atoms with Crippen LogP contribution < -0.4 is 10.1 Å². The maximum absolute atomic E-state index is 5.25. The largest absolute Gasteiger partial charge is 0.497 e. The normalized spacial score (nSPS) is 12.1. The highest BCUT2D eigenvalue weighted by Crippen LogP contribution is 2.25. The summed E-state index contributed by atoms with van der Waals surface area (Å²) in [4.78, 5) is 4.25. The van der Waals surface area contributed by atoms with Crippen LogP contribution in [0.3, 0.4) is 0 Å². The number of benzene rings is 2. The van der Waals surface area contributed by atoms with Gasteiger partial charge in [-0.15, -0.1) is 0 Å². The fourth-order valence-corrected chi connectivity index (χ4v) is 2.58. The molecular weight excluding hydrogens is 302 g/mol. The number of aryl methyl sites for hydroxylation is 2. The van der Waals surface area contributed by atoms with Gasteiger partial charge < -0.3 is 9.26 Å². The average Bonchev–Trinajstić information content (AvgIpc) is 3.02. The molecule has 1 aromatic heterocycles. The van der Waals surface area contributed by atoms with Crippen molar-refractivity contribution in [3.05, 3.63) is 76.9 Å². The molecule has 124 valence electrons. The first-order chi connectivity index (χ1) is 11.7. The minimum absolute atomic E-state index is 0.0312. The molecule has 1 heterocycles. The number of ether oxygens (including phenoxy) is 1. The number of rotatable bonds is 6. The zero-order valence-corrected chi connectivity index (χ0v) is 14.1. The van der Waals surface area contributed by atoms with Gasteiger partial charge in [0.15, 0.2) is 5.82 Å². The number of hydrogen-bond acceptors (Lipinski definition) is 5. The Morgan fingerprint density at radius 3 is 2.17 bits per heavy atom. The second-order valence-corrected chi connectivity index (χ2v) is 5.73. The lowest BCUT2D eigenvalue weighted by Gasteiger charge is -2.19. The number of aromatic nitrogens is 2. The summed E-state index contributed by atoms with van der Waals surface area (Å²) in [6.07, 6.45) is 0. The summed E-state index contributed by atoms with van der Waals surface area (Å²) in [6.45, 7) is 4.40. The molecule has 0 radical (unpaired) electrons. The van der Waals surface area contributed by atoms with Crippen LogP contribution in [0.1, 0.15) is 34.4 Å². The lowest BCUT2D eigenvalue weighted by molar-refractivity contribution is 0.359. The average molecular weight is 323 g/mol. The van der Waals surface area contributed by atoms with Gasteiger partial charge in [-0.05, 0) is 37.1 Å². The second kappa shape index (κ2) is 7.27. The molecule has 0 saturated heterocycles. The Bertz CT molecular complexity index is 779. The maximum Gasteiger partial charge on any atom is 0.240 e. The Kier molecular flexibility index (Phi) is 4.91. The predicted molar refractivity (Wildman–Crippen MR) is 91.9 cm³/mol. The summed E-state index contributed by atoms with van der Waals surface area (Å²) >= 11 is 0. The van der Waals surface area contributed by atoms with Crippen LogP contribution >= 0.6 is 0 Å². The van der Waals surface area contributed by atoms with E-state index in [-0.39, 0.29) is 6.04 Å². The Hall–Kier alpha value is -2.66. The van der Waals surface area contributed by atoms with Gasteiger partial charge in [0.2, 0.25) is 5.89 Å². The minimum atomic E-state index is 0.0312. The van der Waals surface area contributed by atoms with E-state index < -0.39 is 0 Å². The molecule has 0 bridgehead atoms. The summed E-state index contributed by atoms with van der Waals surface area (Å²) in [7, 11) is 1.67. The molecule has 0 unspecified atom stereocenters. The van der Waals surface area contributed by atoms with E-state index in [0.717, 1.165) is 11.3 Å². The van der Waals surface area contributed by atoms with Gasteiger partial charge in [-0.3, -0.25) is 5.32 Å². The van der Waals surface area contributed by atoms with Gasteiger partial charge in [-0.1, -0.05) is 47.1 Å². The van der Waals surface area contributed by atoms with Crippen molar-refractivity contribution in [3.63, 3.8) is 0 Å². The first-order valence-electron chi connectivity index (χ1n) is 7.89. The summed E-state index contributed by atoms with van der Waals surface area (Å²) in [5, 5.41) is 7.33. The molecule has 0 amide bonds. The highest BCUT2D eigenvalue weighted by atomic mass is 16.5. The van der Waals surface area contributed by atoms with Crippen molar-refractivity contribution in [2.75, 3.05) is 7.11 Å². The molecule has 0 aliphatic heterocycles. The molecule has 24 heavy (non-hydrogen) atoms. The summed E-state index contributed by atoms with van der Waals surface area (Å²) in [5.41, 5.74) is 3.57. The Balaban J connectivity index is 1.85. The van der Waals surface area contributed by atoms with Gasteiger partial charge in [0.05, 0.1) is 19.7 Å². The maximum atomic E-state index is 5.25. The van der Waals surface area contributed by atoms with Crippen LogP contribution in [0, 0.1) is 13.8 Å². The molecule has 0 aliphatic carbocycles. The summed E-state index contributed by atoms with van der Waals surface area (Å²) < 4.78 is 10.4. The van der Waals surface area contributed by atoms with Crippen LogP contribution in [-0.2, 0) is 6.54 Å². The Morgan fingerprint density at radius 2 is 1.62 bits per heavy atom. The lowest BCUT2D eigenvalue weighted by atomic mass is 9.97.